The van der Waals surface area contributed by atoms with Gasteiger partial charge in [0.25, 0.3) is 5.91 Å². The fourth-order valence-electron chi connectivity index (χ4n) is 3.49. The van der Waals surface area contributed by atoms with Crippen LogP contribution >= 0.6 is 11.8 Å². The summed E-state index contributed by atoms with van der Waals surface area (Å²) >= 11 is 1.29. The molecule has 1 atom stereocenters. The Hall–Kier alpha value is -3.45. The van der Waals surface area contributed by atoms with Crippen LogP contribution < -0.4 is 5.32 Å². The van der Waals surface area contributed by atoms with Crippen molar-refractivity contribution in [1.82, 2.24) is 5.32 Å². The summed E-state index contributed by atoms with van der Waals surface area (Å²) in [5.74, 6) is -0.832. The van der Waals surface area contributed by atoms with E-state index in [9.17, 15) is 14.7 Å². The van der Waals surface area contributed by atoms with Crippen LogP contribution in [0.2, 0.25) is 0 Å². The van der Waals surface area contributed by atoms with Gasteiger partial charge < -0.3 is 19.3 Å². The molecule has 0 saturated heterocycles. The number of furan rings is 2. The number of fused-ring (bicyclic) bond motifs is 2. The third-order valence-electron chi connectivity index (χ3n) is 4.88. The molecule has 0 bridgehead atoms. The third kappa shape index (κ3) is 3.09. The second-order valence-electron chi connectivity index (χ2n) is 6.70. The number of thioether (sulfide) groups is 1. The number of carbonyl (C=O) groups is 2. The molecule has 0 spiro atoms. The van der Waals surface area contributed by atoms with Gasteiger partial charge in [0.05, 0.1) is 16.5 Å². The number of hydrogen-bond acceptors (Lipinski definition) is 5. The number of aliphatic carboxylic acids is 1. The van der Waals surface area contributed by atoms with Crippen molar-refractivity contribution in [2.24, 2.45) is 0 Å². The van der Waals surface area contributed by atoms with Gasteiger partial charge in [0.15, 0.2) is 5.76 Å². The van der Waals surface area contributed by atoms with Gasteiger partial charge in [-0.05, 0) is 24.3 Å². The number of amides is 1. The van der Waals surface area contributed by atoms with Gasteiger partial charge >= 0.3 is 5.97 Å². The first kappa shape index (κ1) is 17.6. The number of para-hydroxylation sites is 2. The normalized spacial score (nSPS) is 16.6. The average Bonchev–Trinajstić information content (AvgIpc) is 3.43. The van der Waals surface area contributed by atoms with E-state index in [-0.39, 0.29) is 11.3 Å². The molecule has 0 aliphatic carbocycles. The van der Waals surface area contributed by atoms with Crippen LogP contribution in [0.25, 0.3) is 21.9 Å². The number of hydrogen-bond donors (Lipinski definition) is 2. The summed E-state index contributed by atoms with van der Waals surface area (Å²) in [6.07, 6.45) is 0. The molecule has 5 rings (SSSR count). The highest BCUT2D eigenvalue weighted by Crippen LogP contribution is 2.42. The Morgan fingerprint density at radius 2 is 1.62 bits per heavy atom. The first-order chi connectivity index (χ1) is 14.1. The molecule has 7 heteroatoms. The predicted octanol–water partition coefficient (Wildman–Crippen LogP) is 4.74. The quantitative estimate of drug-likeness (QED) is 0.510. The summed E-state index contributed by atoms with van der Waals surface area (Å²) in [5.41, 5.74) is 1.43. The van der Waals surface area contributed by atoms with Crippen LogP contribution in [0, 0.1) is 0 Å². The van der Waals surface area contributed by atoms with Gasteiger partial charge in [-0.2, -0.15) is 0 Å². The van der Waals surface area contributed by atoms with Gasteiger partial charge in [-0.15, -0.1) is 11.8 Å². The molecular weight excluding hydrogens is 390 g/mol. The van der Waals surface area contributed by atoms with Gasteiger partial charge in [0, 0.05) is 16.5 Å². The Bertz CT molecular complexity index is 1230. The minimum atomic E-state index is -1.08. The predicted molar refractivity (Wildman–Crippen MR) is 110 cm³/mol. The standard InChI is InChI=1S/C22H15NO5S/c24-20(18-10-13-6-2-4-8-16(13)28-18)23-21-19(22(25)26)14(11-29-21)17-9-12-5-1-3-7-15(12)27-17/h1-10,14H,11H2,(H,23,24)(H,25,26). The van der Waals surface area contributed by atoms with Crippen LogP contribution in [0.4, 0.5) is 0 Å². The highest BCUT2D eigenvalue weighted by Gasteiger charge is 2.36. The zero-order chi connectivity index (χ0) is 20.0. The summed E-state index contributed by atoms with van der Waals surface area (Å²) in [7, 11) is 0. The zero-order valence-electron chi connectivity index (χ0n) is 15.0. The van der Waals surface area contributed by atoms with E-state index in [4.69, 9.17) is 8.83 Å². The number of carbonyl (C=O) groups excluding carboxylic acids is 1. The molecule has 0 radical (unpaired) electrons. The fraction of sp³-hybridized carbons (Fsp3) is 0.0909. The van der Waals surface area contributed by atoms with E-state index < -0.39 is 17.8 Å². The molecule has 1 aliphatic heterocycles. The molecule has 1 unspecified atom stereocenters. The molecule has 6 nitrogen and oxygen atoms in total. The minimum absolute atomic E-state index is 0.124. The lowest BCUT2D eigenvalue weighted by Crippen LogP contribution is -2.23. The topological polar surface area (TPSA) is 92.7 Å². The fourth-order valence-corrected chi connectivity index (χ4v) is 4.71. The monoisotopic (exact) mass is 405 g/mol. The maximum absolute atomic E-state index is 12.7. The van der Waals surface area contributed by atoms with Crippen LogP contribution in [0.15, 0.2) is 80.1 Å². The number of carboxylic acid groups (broad SMARTS) is 1. The van der Waals surface area contributed by atoms with Gasteiger partial charge in [-0.25, -0.2) is 4.79 Å². The van der Waals surface area contributed by atoms with Crippen molar-refractivity contribution in [3.63, 3.8) is 0 Å². The van der Waals surface area contributed by atoms with Gasteiger partial charge in [-0.1, -0.05) is 36.4 Å². The zero-order valence-corrected chi connectivity index (χ0v) is 15.9. The smallest absolute Gasteiger partial charge is 0.335 e. The van der Waals surface area contributed by atoms with Crippen molar-refractivity contribution in [3.8, 4) is 0 Å². The molecule has 2 N–H and O–H groups in total. The molecule has 1 aliphatic rings. The van der Waals surface area contributed by atoms with Crippen molar-refractivity contribution >= 4 is 45.6 Å². The Labute approximate surface area is 169 Å². The average molecular weight is 405 g/mol. The molecule has 1 amide bonds. The lowest BCUT2D eigenvalue weighted by molar-refractivity contribution is -0.133. The van der Waals surface area contributed by atoms with E-state index in [1.54, 1.807) is 12.1 Å². The van der Waals surface area contributed by atoms with E-state index in [1.165, 1.54) is 11.8 Å². The lowest BCUT2D eigenvalue weighted by Gasteiger charge is -2.08. The maximum atomic E-state index is 12.7. The van der Waals surface area contributed by atoms with Crippen molar-refractivity contribution < 1.29 is 23.5 Å². The lowest BCUT2D eigenvalue weighted by atomic mass is 9.99. The summed E-state index contributed by atoms with van der Waals surface area (Å²) in [5, 5.41) is 14.5. The van der Waals surface area contributed by atoms with E-state index in [2.05, 4.69) is 5.32 Å². The van der Waals surface area contributed by atoms with Crippen LogP contribution in [0.1, 0.15) is 22.2 Å². The molecule has 4 aromatic rings. The third-order valence-corrected chi connectivity index (χ3v) is 5.99. The van der Waals surface area contributed by atoms with Crippen molar-refractivity contribution in [2.75, 3.05) is 5.75 Å². The summed E-state index contributed by atoms with van der Waals surface area (Å²) < 4.78 is 11.4. The minimum Gasteiger partial charge on any atom is -0.478 e. The molecule has 3 heterocycles. The largest absolute Gasteiger partial charge is 0.478 e. The first-order valence-corrected chi connectivity index (χ1v) is 9.97. The maximum Gasteiger partial charge on any atom is 0.335 e. The molecule has 0 saturated carbocycles. The number of carboxylic acids is 1. The van der Waals surface area contributed by atoms with Crippen LogP contribution in [0.3, 0.4) is 0 Å². The van der Waals surface area contributed by atoms with Gasteiger partial charge in [0.1, 0.15) is 16.9 Å². The van der Waals surface area contributed by atoms with E-state index in [0.717, 1.165) is 10.8 Å². The molecule has 2 aromatic carbocycles. The van der Waals surface area contributed by atoms with Crippen molar-refractivity contribution in [1.29, 1.82) is 0 Å². The van der Waals surface area contributed by atoms with Gasteiger partial charge in [-0.3, -0.25) is 4.79 Å². The SMILES string of the molecule is O=C(O)C1=C(NC(=O)c2cc3ccccc3o2)SCC1c1cc2ccccc2o1. The highest BCUT2D eigenvalue weighted by atomic mass is 32.2. The van der Waals surface area contributed by atoms with E-state index >= 15 is 0 Å². The highest BCUT2D eigenvalue weighted by molar-refractivity contribution is 8.03. The number of rotatable bonds is 4. The molecule has 0 fully saturated rings. The summed E-state index contributed by atoms with van der Waals surface area (Å²) in [6, 6.07) is 18.3. The number of nitrogens with one attached hydrogen (secondary N) is 1. The van der Waals surface area contributed by atoms with E-state index in [1.807, 2.05) is 48.5 Å². The number of benzene rings is 2. The van der Waals surface area contributed by atoms with Crippen molar-refractivity contribution in [2.45, 2.75) is 5.92 Å². The second-order valence-corrected chi connectivity index (χ2v) is 7.73. The summed E-state index contributed by atoms with van der Waals surface area (Å²) in [6.45, 7) is 0. The molecule has 29 heavy (non-hydrogen) atoms. The molecule has 2 aromatic heterocycles. The Morgan fingerprint density at radius 1 is 0.966 bits per heavy atom. The molecule has 144 valence electrons. The van der Waals surface area contributed by atoms with Crippen LogP contribution in [-0.4, -0.2) is 22.7 Å². The Morgan fingerprint density at radius 3 is 2.28 bits per heavy atom. The molecular formula is C22H15NO5S. The van der Waals surface area contributed by atoms with Gasteiger partial charge in [0.2, 0.25) is 0 Å². The Balaban J connectivity index is 1.47. The van der Waals surface area contributed by atoms with Crippen LogP contribution in [0.5, 0.6) is 0 Å². The Kier molecular flexibility index (Phi) is 4.17. The summed E-state index contributed by atoms with van der Waals surface area (Å²) in [4.78, 5) is 24.6. The first-order valence-electron chi connectivity index (χ1n) is 8.99. The second kappa shape index (κ2) is 6.86. The van der Waals surface area contributed by atoms with E-state index in [0.29, 0.717) is 27.7 Å². The van der Waals surface area contributed by atoms with Crippen molar-refractivity contribution in [3.05, 3.63) is 82.8 Å². The van der Waals surface area contributed by atoms with Crippen LogP contribution in [-0.2, 0) is 4.79 Å².